The number of rotatable bonds is 27. The number of halogens is 1. The standard InChI is InChI=1S/C32H41N3O4.C27H28BrNO4.C26H29N3O4/c1-8-38-29-17-14-23(22-35(7)19-18-34(5)6)20-27(29)30(36)33-28-21-25(24-12-10-9-11-13-24)15-16-26(28)31(37)39-32(2,3)4;1-5-32-24-14-11-18(17-28)15-22(24)25(30)29-23-16-20(19-9-7-6-8-10-19)12-13-21(23)26(31)33-27(2,3)4;1-28(2)13-14-29(3)17-18-9-12-24(30)22(15-18)25(31)27-23-16-20(10-11-21(23)26(32)33)19-7-5-4-6-8-19/h9-17,20-21H,8,18-19,22H2,1-7H3,(H,33,36);6-16H,5,17H2,1-4H3,(H,29,30);4-12,15-16,30H,13-14,17H2,1-3H3,(H,27,31)(H,32,33). The van der Waals surface area contributed by atoms with Crippen LogP contribution in [0, 0.1) is 0 Å². The molecule has 0 atom stereocenters. The quantitative estimate of drug-likeness (QED) is 0.0238. The van der Waals surface area contributed by atoms with Crippen molar-refractivity contribution in [1.29, 1.82) is 0 Å². The fraction of sp³-hybridized carbons (Fsp3) is 0.294. The largest absolute Gasteiger partial charge is 0.507 e. The van der Waals surface area contributed by atoms with Crippen LogP contribution >= 0.6 is 15.9 Å². The molecule has 0 aliphatic heterocycles. The monoisotopic (exact) mass is 1490 g/mol. The van der Waals surface area contributed by atoms with E-state index in [1.165, 1.54) is 12.1 Å². The van der Waals surface area contributed by atoms with E-state index < -0.39 is 35.0 Å². The van der Waals surface area contributed by atoms with E-state index in [-0.39, 0.29) is 45.5 Å². The Hall–Kier alpha value is -10.5. The number of carbonyl (C=O) groups excluding carboxylic acids is 5. The zero-order chi connectivity index (χ0) is 76.5. The number of benzene rings is 9. The highest BCUT2D eigenvalue weighted by molar-refractivity contribution is 9.08. The minimum Gasteiger partial charge on any atom is -0.507 e. The number of anilines is 3. The highest BCUT2D eigenvalue weighted by Gasteiger charge is 2.27. The number of ether oxygens (including phenoxy) is 4. The van der Waals surface area contributed by atoms with E-state index in [1.54, 1.807) is 54.6 Å². The Morgan fingerprint density at radius 3 is 1.08 bits per heavy atom. The number of aromatic hydroxyl groups is 1. The van der Waals surface area contributed by atoms with Crippen LogP contribution in [0.2, 0.25) is 0 Å². The van der Waals surface area contributed by atoms with Gasteiger partial charge in [0.2, 0.25) is 0 Å². The summed E-state index contributed by atoms with van der Waals surface area (Å²) in [4.78, 5) is 86.4. The number of alkyl halides is 1. The van der Waals surface area contributed by atoms with E-state index in [4.69, 9.17) is 18.9 Å². The molecule has 0 heterocycles. The van der Waals surface area contributed by atoms with Crippen molar-refractivity contribution in [2.45, 2.75) is 85.0 Å². The van der Waals surface area contributed by atoms with Crippen LogP contribution in [0.25, 0.3) is 33.4 Å². The molecule has 552 valence electrons. The fourth-order valence-electron chi connectivity index (χ4n) is 10.8. The summed E-state index contributed by atoms with van der Waals surface area (Å²) in [6.45, 7) is 20.4. The molecule has 105 heavy (non-hydrogen) atoms. The summed E-state index contributed by atoms with van der Waals surface area (Å²) >= 11 is 3.43. The average Bonchev–Trinajstić information content (AvgIpc) is 0.810. The number of carboxylic acids is 1. The van der Waals surface area contributed by atoms with Gasteiger partial charge in [-0.25, -0.2) is 14.4 Å². The Morgan fingerprint density at radius 2 is 0.724 bits per heavy atom. The Bertz CT molecular complexity index is 4420. The van der Waals surface area contributed by atoms with Gasteiger partial charge in [-0.15, -0.1) is 0 Å². The van der Waals surface area contributed by atoms with Gasteiger partial charge < -0.3 is 64.7 Å². The maximum absolute atomic E-state index is 13.7. The lowest BCUT2D eigenvalue weighted by molar-refractivity contribution is 0.00580. The van der Waals surface area contributed by atoms with Gasteiger partial charge in [-0.3, -0.25) is 14.4 Å². The maximum atomic E-state index is 13.7. The molecule has 9 aromatic carbocycles. The molecule has 0 spiro atoms. The predicted octanol–water partition coefficient (Wildman–Crippen LogP) is 16.8. The van der Waals surface area contributed by atoms with Crippen LogP contribution in [0.5, 0.6) is 17.2 Å². The first kappa shape index (κ1) is 81.8. The number of carboxylic acid groups (broad SMARTS) is 1. The van der Waals surface area contributed by atoms with Crippen LogP contribution < -0.4 is 25.4 Å². The van der Waals surface area contributed by atoms with Crippen molar-refractivity contribution in [3.8, 4) is 50.6 Å². The van der Waals surface area contributed by atoms with Gasteiger partial charge in [0.25, 0.3) is 17.7 Å². The molecule has 3 amide bonds. The molecule has 0 aliphatic rings. The Balaban J connectivity index is 0.000000221. The van der Waals surface area contributed by atoms with Crippen molar-refractivity contribution in [3.05, 3.63) is 250 Å². The number of carbonyl (C=O) groups is 6. The highest BCUT2D eigenvalue weighted by atomic mass is 79.9. The third-order valence-corrected chi connectivity index (χ3v) is 16.6. The van der Waals surface area contributed by atoms with Gasteiger partial charge in [-0.2, -0.15) is 0 Å². The van der Waals surface area contributed by atoms with Crippen molar-refractivity contribution in [3.63, 3.8) is 0 Å². The summed E-state index contributed by atoms with van der Waals surface area (Å²) < 4.78 is 22.7. The number of esters is 2. The van der Waals surface area contributed by atoms with E-state index in [0.29, 0.717) is 65.6 Å². The van der Waals surface area contributed by atoms with Crippen LogP contribution in [0.3, 0.4) is 0 Å². The van der Waals surface area contributed by atoms with Gasteiger partial charge in [-0.1, -0.05) is 143 Å². The molecule has 0 aliphatic carbocycles. The van der Waals surface area contributed by atoms with Gasteiger partial charge in [0.1, 0.15) is 28.5 Å². The van der Waals surface area contributed by atoms with Crippen LogP contribution in [-0.2, 0) is 27.9 Å². The minimum atomic E-state index is -1.15. The molecule has 9 aromatic rings. The summed E-state index contributed by atoms with van der Waals surface area (Å²) in [7, 11) is 12.2. The van der Waals surface area contributed by atoms with Gasteiger partial charge in [0, 0.05) is 44.6 Å². The number of nitrogens with one attached hydrogen (secondary N) is 3. The van der Waals surface area contributed by atoms with Crippen LogP contribution in [0.1, 0.15) is 134 Å². The molecular formula is C85H98BrN7O12. The summed E-state index contributed by atoms with van der Waals surface area (Å²) in [6, 6.07) is 60.6. The molecule has 9 rings (SSSR count). The van der Waals surface area contributed by atoms with E-state index in [9.17, 15) is 39.0 Å². The summed E-state index contributed by atoms with van der Waals surface area (Å²) in [5.74, 6) is -2.63. The second-order valence-electron chi connectivity index (χ2n) is 27.6. The molecule has 0 radical (unpaired) electrons. The molecule has 5 N–H and O–H groups in total. The molecule has 19 nitrogen and oxygen atoms in total. The lowest BCUT2D eigenvalue weighted by Gasteiger charge is -2.22. The van der Waals surface area contributed by atoms with Gasteiger partial charge >= 0.3 is 17.9 Å². The number of nitrogens with zero attached hydrogens (tertiary/aromatic N) is 4. The molecule has 0 saturated heterocycles. The second kappa shape index (κ2) is 38.9. The van der Waals surface area contributed by atoms with Gasteiger partial charge in [-0.05, 0) is 221 Å². The smallest absolute Gasteiger partial charge is 0.340 e. The molecule has 0 unspecified atom stereocenters. The zero-order valence-electron chi connectivity index (χ0n) is 62.6. The topological polar surface area (TPSA) is 229 Å². The fourth-order valence-corrected chi connectivity index (χ4v) is 11.1. The molecule has 0 fully saturated rings. The maximum Gasteiger partial charge on any atom is 0.340 e. The van der Waals surface area contributed by atoms with Crippen molar-refractivity contribution in [2.24, 2.45) is 0 Å². The molecule has 0 bridgehead atoms. The number of hydrogen-bond acceptors (Lipinski definition) is 15. The Labute approximate surface area is 626 Å². The summed E-state index contributed by atoms with van der Waals surface area (Å²) in [6.07, 6.45) is 0. The van der Waals surface area contributed by atoms with E-state index in [0.717, 1.165) is 76.3 Å². The number of likely N-dealkylation sites (N-methyl/N-ethyl adjacent to an activating group) is 4. The SMILES string of the molecule is CCOc1ccc(CBr)cc1C(=O)Nc1cc(-c2ccccc2)ccc1C(=O)OC(C)(C)C.CCOc1ccc(CN(C)CCN(C)C)cc1C(=O)Nc1cc(-c2ccccc2)ccc1C(=O)OC(C)(C)C.CN(C)CCN(C)Cc1ccc(O)c(C(=O)Nc2cc(-c3ccccc3)ccc2C(=O)O)c1. The lowest BCUT2D eigenvalue weighted by atomic mass is 10.0. The number of aromatic carboxylic acids is 1. The minimum absolute atomic E-state index is 0.0258. The molecule has 0 aromatic heterocycles. The predicted molar refractivity (Wildman–Crippen MR) is 423 cm³/mol. The number of hydrogen-bond donors (Lipinski definition) is 5. The van der Waals surface area contributed by atoms with E-state index >= 15 is 0 Å². The van der Waals surface area contributed by atoms with Crippen molar-refractivity contribution >= 4 is 68.6 Å². The second-order valence-corrected chi connectivity index (χ2v) is 28.2. The first-order chi connectivity index (χ1) is 49.9. The van der Waals surface area contributed by atoms with Crippen molar-refractivity contribution in [2.75, 3.05) is 97.6 Å². The Kier molecular flexibility index (Phi) is 30.3. The summed E-state index contributed by atoms with van der Waals surface area (Å²) in [5, 5.41) is 29.1. The number of phenolic OH excluding ortho intramolecular Hbond substituents is 1. The average molecular weight is 1490 g/mol. The third kappa shape index (κ3) is 25.4. The summed E-state index contributed by atoms with van der Waals surface area (Å²) in [5.41, 5.74) is 9.21. The van der Waals surface area contributed by atoms with E-state index in [2.05, 4.69) is 58.5 Å². The first-order valence-corrected chi connectivity index (χ1v) is 35.8. The Morgan fingerprint density at radius 1 is 0.390 bits per heavy atom. The van der Waals surface area contributed by atoms with Crippen LogP contribution in [0.4, 0.5) is 17.1 Å². The van der Waals surface area contributed by atoms with Crippen molar-refractivity contribution in [1.82, 2.24) is 19.6 Å². The lowest BCUT2D eigenvalue weighted by Crippen LogP contribution is -2.28. The van der Waals surface area contributed by atoms with Crippen molar-refractivity contribution < 1.29 is 57.9 Å². The molecule has 20 heteroatoms. The number of phenols is 1. The van der Waals surface area contributed by atoms with Crippen LogP contribution in [0.15, 0.2) is 200 Å². The van der Waals surface area contributed by atoms with Gasteiger partial charge in [0.15, 0.2) is 0 Å². The number of amides is 3. The molecule has 0 saturated carbocycles. The normalized spacial score (nSPS) is 11.2. The highest BCUT2D eigenvalue weighted by Crippen LogP contribution is 2.34. The first-order valence-electron chi connectivity index (χ1n) is 34.7. The van der Waals surface area contributed by atoms with E-state index in [1.807, 2.05) is 224 Å². The van der Waals surface area contributed by atoms with Gasteiger partial charge in [0.05, 0.1) is 63.7 Å². The zero-order valence-corrected chi connectivity index (χ0v) is 64.1. The molecular weight excluding hydrogens is 1390 g/mol. The third-order valence-electron chi connectivity index (χ3n) is 16.0. The van der Waals surface area contributed by atoms with Crippen LogP contribution in [-0.4, -0.2) is 158 Å².